The fraction of sp³-hybridized carbons (Fsp3) is 0.200. The van der Waals surface area contributed by atoms with Crippen LogP contribution in [0.25, 0.3) is 5.70 Å². The average molecular weight is 394 g/mol. The molecule has 0 fully saturated rings. The number of ether oxygens (including phenoxy) is 1. The minimum Gasteiger partial charge on any atom is -0.490 e. The Bertz CT molecular complexity index is 481. The van der Waals surface area contributed by atoms with Gasteiger partial charge in [0.25, 0.3) is 0 Å². The molecule has 0 spiro atoms. The van der Waals surface area contributed by atoms with Gasteiger partial charge in [-0.1, -0.05) is 41.6 Å². The molecule has 1 radical (unpaired) electrons. The molecule has 1 aliphatic heterocycles. The van der Waals surface area contributed by atoms with Crippen molar-refractivity contribution in [1.82, 2.24) is 5.32 Å². The van der Waals surface area contributed by atoms with E-state index in [0.717, 1.165) is 29.1 Å². The standard InChI is InChI=1S/C15H15BrNO.Y/c1-3-10-18-13-6-4-12(5-7-13)15-9-8-14(16)11(2)17-15;/h3-7,14,17H,1-2,8,10H2;/q-1;. The molecule has 0 aromatic heterocycles. The van der Waals surface area contributed by atoms with Crippen LogP contribution >= 0.6 is 15.9 Å². The zero-order chi connectivity index (χ0) is 13.0. The van der Waals surface area contributed by atoms with Crippen LogP contribution in [0.2, 0.25) is 0 Å². The van der Waals surface area contributed by atoms with Gasteiger partial charge in [-0.25, -0.2) is 6.08 Å². The molecule has 0 saturated heterocycles. The van der Waals surface area contributed by atoms with Crippen LogP contribution in [0.15, 0.2) is 49.2 Å². The van der Waals surface area contributed by atoms with Gasteiger partial charge in [-0.15, -0.1) is 17.8 Å². The first-order valence-electron chi connectivity index (χ1n) is 5.75. The predicted octanol–water partition coefficient (Wildman–Crippen LogP) is 3.66. The van der Waals surface area contributed by atoms with E-state index < -0.39 is 0 Å². The van der Waals surface area contributed by atoms with Gasteiger partial charge in [0, 0.05) is 43.2 Å². The van der Waals surface area contributed by atoms with Gasteiger partial charge < -0.3 is 10.1 Å². The van der Waals surface area contributed by atoms with Crippen molar-refractivity contribution in [1.29, 1.82) is 0 Å². The molecule has 0 saturated carbocycles. The predicted molar refractivity (Wildman–Crippen MR) is 78.4 cm³/mol. The number of halogens is 1. The molecular weight excluding hydrogens is 379 g/mol. The smallest absolute Gasteiger partial charge is 0.116 e. The number of allylic oxidation sites excluding steroid dienone is 2. The molecule has 0 bridgehead atoms. The van der Waals surface area contributed by atoms with Gasteiger partial charge in [-0.05, 0) is 12.1 Å². The average Bonchev–Trinajstić information content (AvgIpc) is 2.40. The Morgan fingerprint density at radius 2 is 2.11 bits per heavy atom. The first-order valence-corrected chi connectivity index (χ1v) is 6.67. The summed E-state index contributed by atoms with van der Waals surface area (Å²) in [7, 11) is 0. The number of alkyl halides is 1. The second kappa shape index (κ2) is 8.03. The normalized spacial score (nSPS) is 17.8. The van der Waals surface area contributed by atoms with Crippen molar-refractivity contribution >= 4 is 21.6 Å². The number of hydrogen-bond donors (Lipinski definition) is 1. The largest absolute Gasteiger partial charge is 0.490 e. The Morgan fingerprint density at radius 1 is 1.42 bits per heavy atom. The van der Waals surface area contributed by atoms with Gasteiger partial charge in [0.2, 0.25) is 0 Å². The van der Waals surface area contributed by atoms with Gasteiger partial charge in [0.15, 0.2) is 0 Å². The van der Waals surface area contributed by atoms with E-state index in [1.165, 1.54) is 0 Å². The van der Waals surface area contributed by atoms with Gasteiger partial charge >= 0.3 is 0 Å². The zero-order valence-corrected chi connectivity index (χ0v) is 15.1. The molecule has 0 aliphatic carbocycles. The SMILES string of the molecule is C=CCOc1ccc(C2=[C-]CC(Br)C(=C)N2)cc1.[Y]. The topological polar surface area (TPSA) is 21.3 Å². The van der Waals surface area contributed by atoms with Gasteiger partial charge in [-0.2, -0.15) is 5.56 Å². The molecular formula is C15H15BrNOY-. The monoisotopic (exact) mass is 393 g/mol. The van der Waals surface area contributed by atoms with Crippen LogP contribution in [0.5, 0.6) is 5.75 Å². The van der Waals surface area contributed by atoms with Crippen LogP contribution < -0.4 is 10.1 Å². The summed E-state index contributed by atoms with van der Waals surface area (Å²) in [6.07, 6.45) is 5.88. The first-order chi connectivity index (χ1) is 8.70. The van der Waals surface area contributed by atoms with E-state index in [4.69, 9.17) is 4.74 Å². The Morgan fingerprint density at radius 3 is 2.68 bits per heavy atom. The van der Waals surface area contributed by atoms with Crippen molar-refractivity contribution in [3.63, 3.8) is 0 Å². The summed E-state index contributed by atoms with van der Waals surface area (Å²) in [5.74, 6) is 0.840. The molecule has 1 aromatic rings. The fourth-order valence-corrected chi connectivity index (χ4v) is 1.92. The van der Waals surface area contributed by atoms with Crippen LogP contribution in [0.1, 0.15) is 12.0 Å². The third-order valence-electron chi connectivity index (χ3n) is 2.63. The van der Waals surface area contributed by atoms with E-state index in [1.807, 2.05) is 24.3 Å². The summed E-state index contributed by atoms with van der Waals surface area (Å²) in [5.41, 5.74) is 3.03. The number of hydrogen-bond acceptors (Lipinski definition) is 2. The summed E-state index contributed by atoms with van der Waals surface area (Å²) in [6, 6.07) is 7.90. The van der Waals surface area contributed by atoms with Crippen molar-refractivity contribution in [2.24, 2.45) is 0 Å². The van der Waals surface area contributed by atoms with Crippen LogP contribution in [0.3, 0.4) is 0 Å². The number of nitrogens with one attached hydrogen (secondary N) is 1. The number of rotatable bonds is 4. The molecule has 1 aromatic carbocycles. The second-order valence-electron chi connectivity index (χ2n) is 4.00. The van der Waals surface area contributed by atoms with Gasteiger partial charge in [0.05, 0.1) is 0 Å². The van der Waals surface area contributed by atoms with E-state index in [-0.39, 0.29) is 37.5 Å². The molecule has 1 N–H and O–H groups in total. The third kappa shape index (κ3) is 4.59. The minimum atomic E-state index is 0. The quantitative estimate of drug-likeness (QED) is 0.478. The third-order valence-corrected chi connectivity index (χ3v) is 3.51. The molecule has 0 amide bonds. The molecule has 2 rings (SSSR count). The van der Waals surface area contributed by atoms with E-state index in [1.54, 1.807) is 6.08 Å². The summed E-state index contributed by atoms with van der Waals surface area (Å²) >= 11 is 3.53. The van der Waals surface area contributed by atoms with Crippen LogP contribution in [0.4, 0.5) is 0 Å². The van der Waals surface area contributed by atoms with Crippen molar-refractivity contribution in [2.45, 2.75) is 11.2 Å². The molecule has 1 aliphatic rings. The number of benzene rings is 1. The van der Waals surface area contributed by atoms with Crippen LogP contribution in [0, 0.1) is 6.08 Å². The van der Waals surface area contributed by atoms with E-state index in [0.29, 0.717) is 6.61 Å². The molecule has 97 valence electrons. The Labute approximate surface area is 148 Å². The van der Waals surface area contributed by atoms with E-state index >= 15 is 0 Å². The van der Waals surface area contributed by atoms with Crippen molar-refractivity contribution in [3.8, 4) is 5.75 Å². The summed E-state index contributed by atoms with van der Waals surface area (Å²) in [6.45, 7) is 8.12. The summed E-state index contributed by atoms with van der Waals surface area (Å²) < 4.78 is 5.44. The molecule has 1 atom stereocenters. The summed E-state index contributed by atoms with van der Waals surface area (Å²) in [4.78, 5) is 0.261. The van der Waals surface area contributed by atoms with Crippen LogP contribution in [-0.2, 0) is 32.7 Å². The molecule has 4 heteroatoms. The Balaban J connectivity index is 0.00000180. The summed E-state index contributed by atoms with van der Waals surface area (Å²) in [5, 5.41) is 3.25. The first kappa shape index (κ1) is 16.7. The minimum absolute atomic E-state index is 0. The maximum absolute atomic E-state index is 5.44. The maximum atomic E-state index is 5.44. The zero-order valence-electron chi connectivity index (χ0n) is 10.7. The van der Waals surface area contributed by atoms with Crippen LogP contribution in [-0.4, -0.2) is 11.4 Å². The van der Waals surface area contributed by atoms with E-state index in [9.17, 15) is 0 Å². The van der Waals surface area contributed by atoms with Gasteiger partial charge in [0.1, 0.15) is 12.4 Å². The van der Waals surface area contributed by atoms with Gasteiger partial charge in [-0.3, -0.25) is 0 Å². The van der Waals surface area contributed by atoms with Crippen molar-refractivity contribution in [3.05, 3.63) is 60.8 Å². The van der Waals surface area contributed by atoms with Crippen molar-refractivity contribution in [2.75, 3.05) is 6.61 Å². The fourth-order valence-electron chi connectivity index (χ4n) is 1.65. The Kier molecular flexibility index (Phi) is 7.05. The molecule has 2 nitrogen and oxygen atoms in total. The molecule has 19 heavy (non-hydrogen) atoms. The van der Waals surface area contributed by atoms with Crippen molar-refractivity contribution < 1.29 is 37.4 Å². The maximum Gasteiger partial charge on any atom is 0.116 e. The van der Waals surface area contributed by atoms with E-state index in [2.05, 4.69) is 40.5 Å². The second-order valence-corrected chi connectivity index (χ2v) is 5.10. The Hall–Kier alpha value is -0.376. The molecule has 1 heterocycles. The molecule has 1 unspecified atom stereocenters.